The van der Waals surface area contributed by atoms with Crippen molar-refractivity contribution in [2.24, 2.45) is 0 Å². The lowest BCUT2D eigenvalue weighted by molar-refractivity contribution is -0.147. The van der Waals surface area contributed by atoms with Gasteiger partial charge in [0.05, 0.1) is 12.3 Å². The molecule has 6 heteroatoms. The number of rotatable bonds is 3. The zero-order chi connectivity index (χ0) is 14.7. The Kier molecular flexibility index (Phi) is 4.22. The number of nitrogens with two attached hydrogens (primary N) is 1. The van der Waals surface area contributed by atoms with E-state index in [1.807, 2.05) is 0 Å². The largest absolute Gasteiger partial charge is 0.464 e. The molecule has 1 aromatic rings. The van der Waals surface area contributed by atoms with Crippen LogP contribution in [0, 0.1) is 5.82 Å². The average Bonchev–Trinajstić information content (AvgIpc) is 2.90. The van der Waals surface area contributed by atoms with E-state index in [1.165, 1.54) is 17.0 Å². The summed E-state index contributed by atoms with van der Waals surface area (Å²) in [5, 5.41) is 0. The van der Waals surface area contributed by atoms with Gasteiger partial charge in [0, 0.05) is 12.1 Å². The van der Waals surface area contributed by atoms with E-state index in [4.69, 9.17) is 10.5 Å². The predicted molar refractivity (Wildman–Crippen MR) is 71.5 cm³/mol. The van der Waals surface area contributed by atoms with Crippen LogP contribution in [-0.2, 0) is 9.53 Å². The molecule has 0 radical (unpaired) electrons. The van der Waals surface area contributed by atoms with Crippen LogP contribution in [0.3, 0.4) is 0 Å². The molecule has 0 aliphatic carbocycles. The minimum atomic E-state index is -0.636. The summed E-state index contributed by atoms with van der Waals surface area (Å²) in [6, 6.07) is 3.32. The van der Waals surface area contributed by atoms with Gasteiger partial charge in [-0.15, -0.1) is 0 Å². The molecule has 1 fully saturated rings. The number of carbonyl (C=O) groups excluding carboxylic acids is 2. The molecule has 1 heterocycles. The number of esters is 1. The van der Waals surface area contributed by atoms with Crippen molar-refractivity contribution in [2.45, 2.75) is 25.8 Å². The molecule has 1 aromatic carbocycles. The van der Waals surface area contributed by atoms with Crippen LogP contribution in [0.5, 0.6) is 0 Å². The van der Waals surface area contributed by atoms with Gasteiger partial charge in [0.15, 0.2) is 0 Å². The van der Waals surface area contributed by atoms with Gasteiger partial charge in [0.2, 0.25) is 0 Å². The van der Waals surface area contributed by atoms with E-state index in [2.05, 4.69) is 0 Å². The summed E-state index contributed by atoms with van der Waals surface area (Å²) in [7, 11) is 0. The number of ether oxygens (including phenoxy) is 1. The summed E-state index contributed by atoms with van der Waals surface area (Å²) in [5.74, 6) is -1.42. The molecule has 1 aliphatic rings. The van der Waals surface area contributed by atoms with Crippen molar-refractivity contribution in [1.29, 1.82) is 0 Å². The lowest BCUT2D eigenvalue weighted by Crippen LogP contribution is -2.41. The Balaban J connectivity index is 2.18. The van der Waals surface area contributed by atoms with E-state index >= 15 is 0 Å². The highest BCUT2D eigenvalue weighted by atomic mass is 19.1. The van der Waals surface area contributed by atoms with E-state index in [0.717, 1.165) is 12.5 Å². The molecule has 0 bridgehead atoms. The van der Waals surface area contributed by atoms with Gasteiger partial charge >= 0.3 is 5.97 Å². The number of hydrogen-bond acceptors (Lipinski definition) is 4. The van der Waals surface area contributed by atoms with E-state index in [-0.39, 0.29) is 23.8 Å². The second-order valence-corrected chi connectivity index (χ2v) is 4.64. The fourth-order valence-electron chi connectivity index (χ4n) is 2.32. The lowest BCUT2D eigenvalue weighted by Gasteiger charge is -2.23. The molecule has 20 heavy (non-hydrogen) atoms. The number of nitrogens with zero attached hydrogens (tertiary/aromatic N) is 1. The molecular formula is C14H17FN2O3. The fourth-order valence-corrected chi connectivity index (χ4v) is 2.32. The molecular weight excluding hydrogens is 263 g/mol. The van der Waals surface area contributed by atoms with Gasteiger partial charge in [0.1, 0.15) is 11.9 Å². The van der Waals surface area contributed by atoms with Crippen LogP contribution in [0.2, 0.25) is 0 Å². The molecule has 2 N–H and O–H groups in total. The maximum absolute atomic E-state index is 13.4. The second kappa shape index (κ2) is 5.90. The maximum Gasteiger partial charge on any atom is 0.328 e. The number of benzene rings is 1. The highest BCUT2D eigenvalue weighted by Crippen LogP contribution is 2.22. The average molecular weight is 280 g/mol. The number of anilines is 1. The molecule has 0 saturated carbocycles. The van der Waals surface area contributed by atoms with E-state index < -0.39 is 17.8 Å². The molecule has 108 valence electrons. The number of carbonyl (C=O) groups is 2. The zero-order valence-electron chi connectivity index (χ0n) is 11.3. The quantitative estimate of drug-likeness (QED) is 0.674. The third kappa shape index (κ3) is 2.74. The van der Waals surface area contributed by atoms with Crippen LogP contribution in [0.25, 0.3) is 0 Å². The standard InChI is InChI=1S/C14H17FN2O3/c1-2-20-14(19)12-4-3-7-17(12)13(18)9-5-6-11(16)10(15)8-9/h5-6,8,12H,2-4,7,16H2,1H3. The van der Waals surface area contributed by atoms with Crippen LogP contribution < -0.4 is 5.73 Å². The van der Waals surface area contributed by atoms with Crippen molar-refractivity contribution in [3.05, 3.63) is 29.6 Å². The first kappa shape index (κ1) is 14.3. The summed E-state index contributed by atoms with van der Waals surface area (Å²) in [6.45, 7) is 2.45. The number of likely N-dealkylation sites (tertiary alicyclic amines) is 1. The van der Waals surface area contributed by atoms with E-state index in [0.29, 0.717) is 13.0 Å². The predicted octanol–water partition coefficient (Wildman–Crippen LogP) is 1.58. The third-order valence-corrected chi connectivity index (χ3v) is 3.32. The topological polar surface area (TPSA) is 72.6 Å². The Morgan fingerprint density at radius 1 is 1.50 bits per heavy atom. The van der Waals surface area contributed by atoms with Crippen molar-refractivity contribution in [3.63, 3.8) is 0 Å². The van der Waals surface area contributed by atoms with Crippen molar-refractivity contribution >= 4 is 17.6 Å². The molecule has 0 aromatic heterocycles. The Hall–Kier alpha value is -2.11. The van der Waals surface area contributed by atoms with Gasteiger partial charge in [-0.1, -0.05) is 0 Å². The van der Waals surface area contributed by atoms with Gasteiger partial charge in [0.25, 0.3) is 5.91 Å². The Labute approximate surface area is 116 Å². The molecule has 1 amide bonds. The molecule has 1 atom stereocenters. The summed E-state index contributed by atoms with van der Waals surface area (Å²) in [5.41, 5.74) is 5.56. The van der Waals surface area contributed by atoms with Gasteiger partial charge in [-0.2, -0.15) is 0 Å². The van der Waals surface area contributed by atoms with E-state index in [1.54, 1.807) is 6.92 Å². The maximum atomic E-state index is 13.4. The molecule has 5 nitrogen and oxygen atoms in total. The third-order valence-electron chi connectivity index (χ3n) is 3.32. The number of hydrogen-bond donors (Lipinski definition) is 1. The van der Waals surface area contributed by atoms with Crippen LogP contribution in [0.15, 0.2) is 18.2 Å². The van der Waals surface area contributed by atoms with E-state index in [9.17, 15) is 14.0 Å². The van der Waals surface area contributed by atoms with Gasteiger partial charge in [-0.05, 0) is 38.0 Å². The summed E-state index contributed by atoms with van der Waals surface area (Å²) in [4.78, 5) is 25.6. The normalized spacial score (nSPS) is 18.1. The first-order chi connectivity index (χ1) is 9.54. The first-order valence-electron chi connectivity index (χ1n) is 6.57. The molecule has 1 aliphatic heterocycles. The molecule has 0 spiro atoms. The molecule has 2 rings (SSSR count). The van der Waals surface area contributed by atoms with Gasteiger partial charge in [-0.3, -0.25) is 4.79 Å². The van der Waals surface area contributed by atoms with Crippen molar-refractivity contribution < 1.29 is 18.7 Å². The minimum Gasteiger partial charge on any atom is -0.464 e. The Morgan fingerprint density at radius 2 is 2.25 bits per heavy atom. The highest BCUT2D eigenvalue weighted by molar-refractivity contribution is 5.97. The van der Waals surface area contributed by atoms with Crippen LogP contribution in [-0.4, -0.2) is 36.0 Å². The van der Waals surface area contributed by atoms with Crippen molar-refractivity contribution in [3.8, 4) is 0 Å². The van der Waals surface area contributed by atoms with Crippen LogP contribution >= 0.6 is 0 Å². The minimum absolute atomic E-state index is 0.00934. The first-order valence-corrected chi connectivity index (χ1v) is 6.57. The van der Waals surface area contributed by atoms with Crippen molar-refractivity contribution in [1.82, 2.24) is 4.90 Å². The summed E-state index contributed by atoms with van der Waals surface area (Å²) < 4.78 is 18.4. The van der Waals surface area contributed by atoms with Crippen LogP contribution in [0.1, 0.15) is 30.1 Å². The van der Waals surface area contributed by atoms with Crippen molar-refractivity contribution in [2.75, 3.05) is 18.9 Å². The monoisotopic (exact) mass is 280 g/mol. The van der Waals surface area contributed by atoms with Gasteiger partial charge in [-0.25, -0.2) is 9.18 Å². The SMILES string of the molecule is CCOC(=O)C1CCCN1C(=O)c1ccc(N)c(F)c1. The van der Waals surface area contributed by atoms with Crippen LogP contribution in [0.4, 0.5) is 10.1 Å². The molecule has 1 unspecified atom stereocenters. The smallest absolute Gasteiger partial charge is 0.328 e. The Bertz CT molecular complexity index is 533. The highest BCUT2D eigenvalue weighted by Gasteiger charge is 2.35. The number of amides is 1. The molecule has 1 saturated heterocycles. The lowest BCUT2D eigenvalue weighted by atomic mass is 10.1. The van der Waals surface area contributed by atoms with Gasteiger partial charge < -0.3 is 15.4 Å². The fraction of sp³-hybridized carbons (Fsp3) is 0.429. The zero-order valence-corrected chi connectivity index (χ0v) is 11.3. The Morgan fingerprint density at radius 3 is 2.90 bits per heavy atom. The summed E-state index contributed by atoms with van der Waals surface area (Å²) >= 11 is 0. The summed E-state index contributed by atoms with van der Waals surface area (Å²) in [6.07, 6.45) is 1.30. The number of nitrogen functional groups attached to an aromatic ring is 1. The number of halogens is 1. The second-order valence-electron chi connectivity index (χ2n) is 4.64.